The van der Waals surface area contributed by atoms with E-state index >= 15 is 0 Å². The highest BCUT2D eigenvalue weighted by molar-refractivity contribution is 5.85. The third-order valence-electron chi connectivity index (χ3n) is 3.98. The van der Waals surface area contributed by atoms with Crippen molar-refractivity contribution < 1.29 is 4.79 Å². The van der Waals surface area contributed by atoms with Gasteiger partial charge in [0.1, 0.15) is 0 Å². The van der Waals surface area contributed by atoms with Crippen molar-refractivity contribution in [2.45, 2.75) is 45.4 Å². The van der Waals surface area contributed by atoms with E-state index in [1.54, 1.807) is 0 Å². The lowest BCUT2D eigenvalue weighted by Crippen LogP contribution is -2.38. The summed E-state index contributed by atoms with van der Waals surface area (Å²) >= 11 is 0. The van der Waals surface area contributed by atoms with Crippen molar-refractivity contribution in [2.75, 3.05) is 39.3 Å². The summed E-state index contributed by atoms with van der Waals surface area (Å²) in [5, 5.41) is 5.01. The predicted octanol–water partition coefficient (Wildman–Crippen LogP) is 2.14. The molecule has 0 aliphatic carbocycles. The van der Waals surface area contributed by atoms with E-state index in [1.165, 1.54) is 45.4 Å². The first-order chi connectivity index (χ1) is 8.81. The summed E-state index contributed by atoms with van der Waals surface area (Å²) in [4.78, 5) is 13.5. The monoisotopic (exact) mass is 289 g/mol. The number of carbonyl (C=O) groups is 1. The maximum absolute atomic E-state index is 11.5. The van der Waals surface area contributed by atoms with E-state index < -0.39 is 0 Å². The van der Waals surface area contributed by atoms with Crippen molar-refractivity contribution in [2.24, 2.45) is 0 Å². The molecule has 0 aromatic heterocycles. The van der Waals surface area contributed by atoms with Crippen LogP contribution in [0.15, 0.2) is 0 Å². The van der Waals surface area contributed by atoms with Crippen LogP contribution in [-0.2, 0) is 4.79 Å². The molecule has 0 atom stereocenters. The Morgan fingerprint density at radius 1 is 0.947 bits per heavy atom. The number of hydrazine groups is 1. The minimum Gasteiger partial charge on any atom is -0.343 e. The lowest BCUT2D eigenvalue weighted by Gasteiger charge is -2.27. The minimum absolute atomic E-state index is 0. The molecule has 19 heavy (non-hydrogen) atoms. The molecule has 0 aromatic rings. The largest absolute Gasteiger partial charge is 0.343 e. The number of hydrogen-bond acceptors (Lipinski definition) is 3. The lowest BCUT2D eigenvalue weighted by atomic mass is 10.3. The number of rotatable bonds is 7. The number of hydrogen-bond donors (Lipinski definition) is 0. The summed E-state index contributed by atoms with van der Waals surface area (Å²) in [6.45, 7) is 9.04. The number of amides is 1. The highest BCUT2D eigenvalue weighted by atomic mass is 35.5. The molecule has 0 radical (unpaired) electrons. The van der Waals surface area contributed by atoms with Crippen LogP contribution in [0, 0.1) is 0 Å². The van der Waals surface area contributed by atoms with E-state index in [0.717, 1.165) is 32.4 Å². The quantitative estimate of drug-likeness (QED) is 0.672. The molecular formula is C14H28ClN3O. The lowest BCUT2D eigenvalue weighted by molar-refractivity contribution is -0.127. The highest BCUT2D eigenvalue weighted by Gasteiger charge is 2.21. The van der Waals surface area contributed by atoms with Gasteiger partial charge in [-0.3, -0.25) is 4.79 Å². The molecule has 0 unspecified atom stereocenters. The van der Waals surface area contributed by atoms with Gasteiger partial charge in [0.05, 0.1) is 0 Å². The third-order valence-corrected chi connectivity index (χ3v) is 3.98. The number of nitrogens with zero attached hydrogens (tertiary/aromatic N) is 3. The zero-order chi connectivity index (χ0) is 12.8. The fourth-order valence-corrected chi connectivity index (χ4v) is 3.02. The fourth-order valence-electron chi connectivity index (χ4n) is 3.02. The number of halogens is 1. The summed E-state index contributed by atoms with van der Waals surface area (Å²) in [5.41, 5.74) is 0. The van der Waals surface area contributed by atoms with E-state index in [0.29, 0.717) is 5.91 Å². The molecule has 2 aliphatic rings. The molecule has 0 N–H and O–H groups in total. The number of likely N-dealkylation sites (tertiary alicyclic amines) is 1. The van der Waals surface area contributed by atoms with Gasteiger partial charge in [-0.2, -0.15) is 0 Å². The van der Waals surface area contributed by atoms with Crippen molar-refractivity contribution >= 4 is 18.3 Å². The molecule has 2 rings (SSSR count). The summed E-state index contributed by atoms with van der Waals surface area (Å²) in [5.74, 6) is 0.365. The molecule has 2 fully saturated rings. The Hall–Kier alpha value is -0.320. The van der Waals surface area contributed by atoms with Crippen molar-refractivity contribution in [3.63, 3.8) is 0 Å². The Morgan fingerprint density at radius 2 is 1.63 bits per heavy atom. The van der Waals surface area contributed by atoms with Gasteiger partial charge in [-0.25, -0.2) is 10.0 Å². The molecule has 0 saturated carbocycles. The van der Waals surface area contributed by atoms with E-state index in [2.05, 4.69) is 16.9 Å². The zero-order valence-corrected chi connectivity index (χ0v) is 13.0. The van der Waals surface area contributed by atoms with Crippen LogP contribution < -0.4 is 0 Å². The first kappa shape index (κ1) is 16.7. The second-order valence-electron chi connectivity index (χ2n) is 5.45. The Bertz CT molecular complexity index is 275. The van der Waals surface area contributed by atoms with Crippen molar-refractivity contribution in [3.05, 3.63) is 0 Å². The molecule has 112 valence electrons. The van der Waals surface area contributed by atoms with E-state index in [-0.39, 0.29) is 12.4 Å². The molecule has 0 bridgehead atoms. The molecule has 4 nitrogen and oxygen atoms in total. The van der Waals surface area contributed by atoms with Gasteiger partial charge in [-0.1, -0.05) is 6.92 Å². The topological polar surface area (TPSA) is 26.8 Å². The summed E-state index contributed by atoms with van der Waals surface area (Å²) < 4.78 is 0. The predicted molar refractivity (Wildman–Crippen MR) is 80.4 cm³/mol. The van der Waals surface area contributed by atoms with Crippen LogP contribution in [0.25, 0.3) is 0 Å². The molecule has 1 amide bonds. The van der Waals surface area contributed by atoms with Gasteiger partial charge in [-0.15, -0.1) is 12.4 Å². The van der Waals surface area contributed by atoms with Gasteiger partial charge in [0, 0.05) is 45.7 Å². The number of unbranched alkanes of at least 4 members (excludes halogenated alkanes) is 1. The normalized spacial score (nSPS) is 21.1. The molecular weight excluding hydrogens is 262 g/mol. The molecule has 0 aromatic carbocycles. The summed E-state index contributed by atoms with van der Waals surface area (Å²) in [6, 6.07) is 0. The van der Waals surface area contributed by atoms with Crippen LogP contribution in [0.5, 0.6) is 0 Å². The molecule has 2 heterocycles. The Balaban J connectivity index is 0.00000180. The molecule has 2 saturated heterocycles. The standard InChI is InChI=1S/C14H27N3O.ClH/c1-2-8-16-12-6-13-17(16)11-4-3-9-15-10-5-7-14(15)18;/h2-13H2,1H3;1H. The van der Waals surface area contributed by atoms with Gasteiger partial charge in [0.2, 0.25) is 5.91 Å². The Morgan fingerprint density at radius 3 is 2.26 bits per heavy atom. The van der Waals surface area contributed by atoms with Gasteiger partial charge in [0.15, 0.2) is 0 Å². The second-order valence-corrected chi connectivity index (χ2v) is 5.45. The van der Waals surface area contributed by atoms with E-state index in [1.807, 2.05) is 4.90 Å². The average Bonchev–Trinajstić information content (AvgIpc) is 2.95. The smallest absolute Gasteiger partial charge is 0.222 e. The Labute approximate surface area is 123 Å². The van der Waals surface area contributed by atoms with Crippen LogP contribution in [0.3, 0.4) is 0 Å². The van der Waals surface area contributed by atoms with E-state index in [4.69, 9.17) is 0 Å². The van der Waals surface area contributed by atoms with Crippen molar-refractivity contribution in [1.82, 2.24) is 14.9 Å². The molecule has 5 heteroatoms. The van der Waals surface area contributed by atoms with E-state index in [9.17, 15) is 4.79 Å². The zero-order valence-electron chi connectivity index (χ0n) is 12.1. The molecule has 0 spiro atoms. The SMILES string of the molecule is CCCN1CCCN1CCCCN1CCCC1=O.Cl. The van der Waals surface area contributed by atoms with Gasteiger partial charge in [0.25, 0.3) is 0 Å². The van der Waals surface area contributed by atoms with Gasteiger partial charge >= 0.3 is 0 Å². The minimum atomic E-state index is 0. The summed E-state index contributed by atoms with van der Waals surface area (Å²) in [7, 11) is 0. The van der Waals surface area contributed by atoms with Crippen molar-refractivity contribution in [3.8, 4) is 0 Å². The maximum Gasteiger partial charge on any atom is 0.222 e. The maximum atomic E-state index is 11.5. The van der Waals surface area contributed by atoms with Crippen LogP contribution in [0.1, 0.15) is 45.4 Å². The van der Waals surface area contributed by atoms with Crippen LogP contribution >= 0.6 is 12.4 Å². The first-order valence-electron chi connectivity index (χ1n) is 7.59. The van der Waals surface area contributed by atoms with Crippen LogP contribution in [0.2, 0.25) is 0 Å². The first-order valence-corrected chi connectivity index (χ1v) is 7.59. The second kappa shape index (κ2) is 8.77. The van der Waals surface area contributed by atoms with Crippen LogP contribution in [0.4, 0.5) is 0 Å². The molecule has 2 aliphatic heterocycles. The van der Waals surface area contributed by atoms with Gasteiger partial charge < -0.3 is 4.90 Å². The third kappa shape index (κ3) is 4.93. The van der Waals surface area contributed by atoms with Crippen molar-refractivity contribution in [1.29, 1.82) is 0 Å². The fraction of sp³-hybridized carbons (Fsp3) is 0.929. The van der Waals surface area contributed by atoms with Crippen LogP contribution in [-0.4, -0.2) is 60.1 Å². The Kier molecular flexibility index (Phi) is 7.73. The highest BCUT2D eigenvalue weighted by Crippen LogP contribution is 2.13. The van der Waals surface area contributed by atoms with Gasteiger partial charge in [-0.05, 0) is 32.1 Å². The summed E-state index contributed by atoms with van der Waals surface area (Å²) in [6.07, 6.45) is 6.75. The number of carbonyl (C=O) groups excluding carboxylic acids is 1. The average molecular weight is 290 g/mol.